The molecule has 2 N–H and O–H groups in total. The SMILES string of the molecule is COc1ccc(C(C#N)c2ccc(S(N)(=O)=O)cc2)cc1Cl. The highest BCUT2D eigenvalue weighted by Crippen LogP contribution is 2.31. The van der Waals surface area contributed by atoms with Gasteiger partial charge in [0, 0.05) is 0 Å². The third-order valence-electron chi connectivity index (χ3n) is 3.18. The highest BCUT2D eigenvalue weighted by atomic mass is 35.5. The zero-order valence-electron chi connectivity index (χ0n) is 11.7. The van der Waals surface area contributed by atoms with E-state index in [0.29, 0.717) is 21.9 Å². The lowest BCUT2D eigenvalue weighted by molar-refractivity contribution is 0.415. The van der Waals surface area contributed by atoms with Crippen LogP contribution in [0.5, 0.6) is 5.75 Å². The molecule has 2 aromatic rings. The van der Waals surface area contributed by atoms with Crippen LogP contribution in [0, 0.1) is 11.3 Å². The lowest BCUT2D eigenvalue weighted by Gasteiger charge is -2.12. The molecule has 0 bridgehead atoms. The van der Waals surface area contributed by atoms with Gasteiger partial charge in [-0.1, -0.05) is 29.8 Å². The van der Waals surface area contributed by atoms with Gasteiger partial charge in [0.25, 0.3) is 0 Å². The molecule has 0 amide bonds. The first-order valence-electron chi connectivity index (χ1n) is 6.22. The van der Waals surface area contributed by atoms with E-state index in [1.54, 1.807) is 30.3 Å². The summed E-state index contributed by atoms with van der Waals surface area (Å²) in [6.07, 6.45) is 0. The molecule has 1 unspecified atom stereocenters. The number of benzene rings is 2. The van der Waals surface area contributed by atoms with E-state index >= 15 is 0 Å². The Bertz CT molecular complexity index is 827. The quantitative estimate of drug-likeness (QED) is 0.928. The molecule has 0 aliphatic carbocycles. The molecule has 2 rings (SSSR count). The summed E-state index contributed by atoms with van der Waals surface area (Å²) in [6.45, 7) is 0. The second-order valence-corrected chi connectivity index (χ2v) is 6.54. The van der Waals surface area contributed by atoms with Crippen LogP contribution in [0.15, 0.2) is 47.4 Å². The van der Waals surface area contributed by atoms with Gasteiger partial charge in [0.05, 0.1) is 29.0 Å². The Hall–Kier alpha value is -2.07. The number of primary sulfonamides is 1. The fraction of sp³-hybridized carbons (Fsp3) is 0.133. The van der Waals surface area contributed by atoms with Gasteiger partial charge in [0.2, 0.25) is 10.0 Å². The number of nitriles is 1. The second-order valence-electron chi connectivity index (χ2n) is 4.57. The molecule has 22 heavy (non-hydrogen) atoms. The van der Waals surface area contributed by atoms with Gasteiger partial charge in [-0.3, -0.25) is 0 Å². The molecule has 0 saturated carbocycles. The van der Waals surface area contributed by atoms with Crippen LogP contribution < -0.4 is 9.88 Å². The summed E-state index contributed by atoms with van der Waals surface area (Å²) in [5.41, 5.74) is 1.34. The fourth-order valence-electron chi connectivity index (χ4n) is 2.05. The largest absolute Gasteiger partial charge is 0.495 e. The molecule has 0 radical (unpaired) electrons. The second kappa shape index (κ2) is 6.36. The monoisotopic (exact) mass is 336 g/mol. The molecule has 0 fully saturated rings. The van der Waals surface area contributed by atoms with Crippen molar-refractivity contribution in [2.45, 2.75) is 10.8 Å². The third kappa shape index (κ3) is 3.39. The van der Waals surface area contributed by atoms with E-state index in [4.69, 9.17) is 21.5 Å². The lowest BCUT2D eigenvalue weighted by Crippen LogP contribution is -2.12. The maximum absolute atomic E-state index is 11.3. The van der Waals surface area contributed by atoms with Crippen molar-refractivity contribution in [1.82, 2.24) is 0 Å². The smallest absolute Gasteiger partial charge is 0.238 e. The van der Waals surface area contributed by atoms with Crippen molar-refractivity contribution in [2.75, 3.05) is 7.11 Å². The van der Waals surface area contributed by atoms with Gasteiger partial charge in [0.1, 0.15) is 5.75 Å². The van der Waals surface area contributed by atoms with Crippen molar-refractivity contribution in [3.05, 3.63) is 58.6 Å². The molecular weight excluding hydrogens is 324 g/mol. The van der Waals surface area contributed by atoms with Crippen LogP contribution in [0.1, 0.15) is 17.0 Å². The maximum atomic E-state index is 11.3. The number of ether oxygens (including phenoxy) is 1. The summed E-state index contributed by atoms with van der Waals surface area (Å²) in [5, 5.41) is 14.9. The van der Waals surface area contributed by atoms with Crippen molar-refractivity contribution in [3.8, 4) is 11.8 Å². The average molecular weight is 337 g/mol. The maximum Gasteiger partial charge on any atom is 0.238 e. The number of hydrogen-bond acceptors (Lipinski definition) is 4. The van der Waals surface area contributed by atoms with E-state index in [1.165, 1.54) is 19.2 Å². The first-order valence-corrected chi connectivity index (χ1v) is 8.15. The van der Waals surface area contributed by atoms with Crippen LogP contribution in [-0.4, -0.2) is 15.5 Å². The number of hydrogen-bond donors (Lipinski definition) is 1. The summed E-state index contributed by atoms with van der Waals surface area (Å²) < 4.78 is 27.6. The van der Waals surface area contributed by atoms with Crippen LogP contribution in [0.3, 0.4) is 0 Å². The van der Waals surface area contributed by atoms with E-state index in [2.05, 4.69) is 6.07 Å². The van der Waals surface area contributed by atoms with Gasteiger partial charge in [-0.15, -0.1) is 0 Å². The van der Waals surface area contributed by atoms with Crippen molar-refractivity contribution >= 4 is 21.6 Å². The molecular formula is C15H13ClN2O3S. The van der Waals surface area contributed by atoms with Gasteiger partial charge in [0.15, 0.2) is 0 Å². The van der Waals surface area contributed by atoms with E-state index in [-0.39, 0.29) is 4.90 Å². The van der Waals surface area contributed by atoms with Crippen LogP contribution in [0.25, 0.3) is 0 Å². The molecule has 1 atom stereocenters. The fourth-order valence-corrected chi connectivity index (χ4v) is 2.84. The third-order valence-corrected chi connectivity index (χ3v) is 4.40. The Balaban J connectivity index is 2.41. The molecule has 0 saturated heterocycles. The van der Waals surface area contributed by atoms with Crippen molar-refractivity contribution in [3.63, 3.8) is 0 Å². The molecule has 5 nitrogen and oxygen atoms in total. The Morgan fingerprint density at radius 2 is 1.77 bits per heavy atom. The highest BCUT2D eigenvalue weighted by Gasteiger charge is 2.16. The van der Waals surface area contributed by atoms with E-state index in [9.17, 15) is 13.7 Å². The summed E-state index contributed by atoms with van der Waals surface area (Å²) in [4.78, 5) is 0.000651. The van der Waals surface area contributed by atoms with Crippen LogP contribution in [-0.2, 0) is 10.0 Å². The van der Waals surface area contributed by atoms with Gasteiger partial charge in [-0.2, -0.15) is 5.26 Å². The van der Waals surface area contributed by atoms with Crippen LogP contribution >= 0.6 is 11.6 Å². The highest BCUT2D eigenvalue weighted by molar-refractivity contribution is 7.89. The molecule has 0 aliphatic rings. The van der Waals surface area contributed by atoms with E-state index in [1.807, 2.05) is 0 Å². The molecule has 0 heterocycles. The van der Waals surface area contributed by atoms with Gasteiger partial charge < -0.3 is 4.74 Å². The Kier molecular flexibility index (Phi) is 4.71. The lowest BCUT2D eigenvalue weighted by atomic mass is 9.93. The predicted octanol–water partition coefficient (Wildman–Crippen LogP) is 2.65. The number of methoxy groups -OCH3 is 1. The van der Waals surface area contributed by atoms with E-state index < -0.39 is 15.9 Å². The number of nitrogens with zero attached hydrogens (tertiary/aromatic N) is 1. The first-order chi connectivity index (χ1) is 10.4. The number of sulfonamides is 1. The molecule has 0 aromatic heterocycles. The minimum Gasteiger partial charge on any atom is -0.495 e. The van der Waals surface area contributed by atoms with E-state index in [0.717, 1.165) is 0 Å². The minimum atomic E-state index is -3.75. The van der Waals surface area contributed by atoms with Crippen molar-refractivity contribution < 1.29 is 13.2 Å². The standard InChI is InChI=1S/C15H13ClN2O3S/c1-21-15-7-4-11(8-14(15)16)13(9-17)10-2-5-12(6-3-10)22(18,19)20/h2-8,13H,1H3,(H2,18,19,20). The normalized spacial score (nSPS) is 12.5. The summed E-state index contributed by atoms with van der Waals surface area (Å²) in [6, 6.07) is 13.1. The van der Waals surface area contributed by atoms with Crippen molar-refractivity contribution in [1.29, 1.82) is 5.26 Å². The molecule has 0 spiro atoms. The Morgan fingerprint density at radius 1 is 1.18 bits per heavy atom. The summed E-state index contributed by atoms with van der Waals surface area (Å²) in [5.74, 6) is -0.0513. The van der Waals surface area contributed by atoms with Gasteiger partial charge in [-0.25, -0.2) is 13.6 Å². The Morgan fingerprint density at radius 3 is 2.23 bits per heavy atom. The first kappa shape index (κ1) is 16.3. The summed E-state index contributed by atoms with van der Waals surface area (Å²) in [7, 11) is -2.24. The summed E-state index contributed by atoms with van der Waals surface area (Å²) >= 11 is 6.07. The topological polar surface area (TPSA) is 93.2 Å². The number of nitrogens with two attached hydrogens (primary N) is 1. The number of halogens is 1. The average Bonchev–Trinajstić information content (AvgIpc) is 2.48. The zero-order chi connectivity index (χ0) is 16.3. The zero-order valence-corrected chi connectivity index (χ0v) is 13.2. The molecule has 0 aliphatic heterocycles. The minimum absolute atomic E-state index is 0.000651. The number of rotatable bonds is 4. The predicted molar refractivity (Wildman–Crippen MR) is 83.3 cm³/mol. The van der Waals surface area contributed by atoms with Crippen LogP contribution in [0.4, 0.5) is 0 Å². The van der Waals surface area contributed by atoms with Crippen LogP contribution in [0.2, 0.25) is 5.02 Å². The van der Waals surface area contributed by atoms with Crippen molar-refractivity contribution in [2.24, 2.45) is 5.14 Å². The molecule has 7 heteroatoms. The van der Waals surface area contributed by atoms with Gasteiger partial charge >= 0.3 is 0 Å². The molecule has 114 valence electrons. The molecule has 2 aromatic carbocycles. The van der Waals surface area contributed by atoms with Gasteiger partial charge in [-0.05, 0) is 35.4 Å². The Labute approximate surface area is 133 Å².